The van der Waals surface area contributed by atoms with Crippen LogP contribution in [0.4, 0.5) is 4.39 Å². The first-order valence-electron chi connectivity index (χ1n) is 8.87. The van der Waals surface area contributed by atoms with Crippen LogP contribution in [0, 0.1) is 17.7 Å². The summed E-state index contributed by atoms with van der Waals surface area (Å²) in [6.45, 7) is 5.91. The third kappa shape index (κ3) is 5.08. The van der Waals surface area contributed by atoms with Gasteiger partial charge in [0.2, 0.25) is 5.91 Å². The smallest absolute Gasteiger partial charge is 0.220 e. The van der Waals surface area contributed by atoms with E-state index in [1.165, 1.54) is 20.3 Å². The third-order valence-electron chi connectivity index (χ3n) is 4.99. The highest BCUT2D eigenvalue weighted by molar-refractivity contribution is 5.76. The molecule has 1 fully saturated rings. The Kier molecular flexibility index (Phi) is 7.05. The van der Waals surface area contributed by atoms with Crippen LogP contribution in [-0.4, -0.2) is 33.2 Å². The highest BCUT2D eigenvalue weighted by atomic mass is 19.1. The summed E-state index contributed by atoms with van der Waals surface area (Å²) in [6, 6.07) is 2.42. The number of rotatable bonds is 7. The standard InChI is InChI=1S/C19H29FN2O3/c1-12(14-6-5-7-21-11-14)8-19(23)22-13(2)15-9-17(24-3)18(25-4)10-16(15)20/h9-10,12-14,21H,5-8,11H2,1-4H3,(H,22,23). The van der Waals surface area contributed by atoms with E-state index in [1.807, 2.05) is 0 Å². The van der Waals surface area contributed by atoms with Gasteiger partial charge in [-0.15, -0.1) is 0 Å². The minimum absolute atomic E-state index is 0.0558. The second-order valence-electron chi connectivity index (χ2n) is 6.81. The molecule has 3 unspecified atom stereocenters. The van der Waals surface area contributed by atoms with E-state index in [1.54, 1.807) is 13.0 Å². The maximum Gasteiger partial charge on any atom is 0.220 e. The summed E-state index contributed by atoms with van der Waals surface area (Å²) in [7, 11) is 2.96. The zero-order chi connectivity index (χ0) is 18.4. The fraction of sp³-hybridized carbons (Fsp3) is 0.632. The molecule has 2 rings (SSSR count). The van der Waals surface area contributed by atoms with E-state index in [0.29, 0.717) is 35.3 Å². The Balaban J connectivity index is 1.98. The van der Waals surface area contributed by atoms with Gasteiger partial charge in [-0.1, -0.05) is 6.92 Å². The molecular formula is C19H29FN2O3. The molecule has 140 valence electrons. The van der Waals surface area contributed by atoms with Gasteiger partial charge in [0.05, 0.1) is 20.3 Å². The van der Waals surface area contributed by atoms with Gasteiger partial charge in [-0.25, -0.2) is 4.39 Å². The van der Waals surface area contributed by atoms with Crippen LogP contribution in [0.15, 0.2) is 12.1 Å². The van der Waals surface area contributed by atoms with Gasteiger partial charge in [-0.2, -0.15) is 0 Å². The van der Waals surface area contributed by atoms with Gasteiger partial charge in [0.15, 0.2) is 11.5 Å². The van der Waals surface area contributed by atoms with Crippen molar-refractivity contribution in [3.05, 3.63) is 23.5 Å². The molecule has 1 aromatic rings. The summed E-state index contributed by atoms with van der Waals surface area (Å²) >= 11 is 0. The lowest BCUT2D eigenvalue weighted by molar-refractivity contribution is -0.123. The number of carbonyl (C=O) groups excluding carboxylic acids is 1. The summed E-state index contributed by atoms with van der Waals surface area (Å²) < 4.78 is 24.6. The number of hydrogen-bond acceptors (Lipinski definition) is 4. The van der Waals surface area contributed by atoms with Crippen molar-refractivity contribution < 1.29 is 18.7 Å². The number of piperidine rings is 1. The van der Waals surface area contributed by atoms with Crippen LogP contribution in [0.1, 0.15) is 44.7 Å². The van der Waals surface area contributed by atoms with Gasteiger partial charge in [0, 0.05) is 18.1 Å². The van der Waals surface area contributed by atoms with Gasteiger partial charge in [-0.3, -0.25) is 4.79 Å². The van der Waals surface area contributed by atoms with Crippen LogP contribution in [-0.2, 0) is 4.79 Å². The van der Waals surface area contributed by atoms with E-state index in [0.717, 1.165) is 25.9 Å². The SMILES string of the molecule is COc1cc(F)c(C(C)NC(=O)CC(C)C2CCCNC2)cc1OC. The van der Waals surface area contributed by atoms with Gasteiger partial charge in [0.25, 0.3) is 0 Å². The first-order valence-corrected chi connectivity index (χ1v) is 8.87. The van der Waals surface area contributed by atoms with Gasteiger partial charge >= 0.3 is 0 Å². The Hall–Kier alpha value is -1.82. The monoisotopic (exact) mass is 352 g/mol. The van der Waals surface area contributed by atoms with Crippen LogP contribution in [0.2, 0.25) is 0 Å². The second kappa shape index (κ2) is 9.04. The number of halogens is 1. The van der Waals surface area contributed by atoms with E-state index in [-0.39, 0.29) is 5.91 Å². The molecule has 0 aliphatic carbocycles. The summed E-state index contributed by atoms with van der Waals surface area (Å²) in [6.07, 6.45) is 2.76. The molecule has 3 atom stereocenters. The van der Waals surface area contributed by atoms with Crippen molar-refractivity contribution in [2.45, 2.75) is 39.2 Å². The number of carbonyl (C=O) groups is 1. The Labute approximate surface area is 149 Å². The average molecular weight is 352 g/mol. The van der Waals surface area contributed by atoms with Crippen molar-refractivity contribution in [2.24, 2.45) is 11.8 Å². The molecule has 0 aromatic heterocycles. The number of amides is 1. The molecule has 1 aliphatic rings. The van der Waals surface area contributed by atoms with Gasteiger partial charge in [-0.05, 0) is 50.8 Å². The number of ether oxygens (including phenoxy) is 2. The highest BCUT2D eigenvalue weighted by Gasteiger charge is 2.23. The van der Waals surface area contributed by atoms with Crippen molar-refractivity contribution in [3.63, 3.8) is 0 Å². The molecule has 0 spiro atoms. The van der Waals surface area contributed by atoms with Crippen LogP contribution in [0.25, 0.3) is 0 Å². The zero-order valence-corrected chi connectivity index (χ0v) is 15.5. The average Bonchev–Trinajstić information content (AvgIpc) is 2.61. The predicted octanol–water partition coefficient (Wildman–Crippen LogP) is 3.05. The maximum absolute atomic E-state index is 14.3. The fourth-order valence-corrected chi connectivity index (χ4v) is 3.40. The Bertz CT molecular complexity index is 588. The normalized spacial score (nSPS) is 19.8. The molecule has 6 heteroatoms. The zero-order valence-electron chi connectivity index (χ0n) is 15.5. The lowest BCUT2D eigenvalue weighted by Gasteiger charge is -2.28. The molecule has 0 radical (unpaired) electrons. The van der Waals surface area contributed by atoms with Gasteiger partial charge < -0.3 is 20.1 Å². The van der Waals surface area contributed by atoms with E-state index in [2.05, 4.69) is 17.6 Å². The van der Waals surface area contributed by atoms with Gasteiger partial charge in [0.1, 0.15) is 5.82 Å². The largest absolute Gasteiger partial charge is 0.493 e. The van der Waals surface area contributed by atoms with Crippen LogP contribution in [0.5, 0.6) is 11.5 Å². The minimum atomic E-state index is -0.441. The maximum atomic E-state index is 14.3. The van der Waals surface area contributed by atoms with Crippen LogP contribution < -0.4 is 20.1 Å². The van der Waals surface area contributed by atoms with Crippen molar-refractivity contribution in [2.75, 3.05) is 27.3 Å². The lowest BCUT2D eigenvalue weighted by atomic mass is 9.85. The molecular weight excluding hydrogens is 323 g/mol. The summed E-state index contributed by atoms with van der Waals surface area (Å²) in [4.78, 5) is 12.4. The lowest BCUT2D eigenvalue weighted by Crippen LogP contribution is -2.36. The molecule has 2 N–H and O–H groups in total. The van der Waals surface area contributed by atoms with E-state index in [9.17, 15) is 9.18 Å². The minimum Gasteiger partial charge on any atom is -0.493 e. The number of benzene rings is 1. The molecule has 1 heterocycles. The first kappa shape index (κ1) is 19.5. The molecule has 1 amide bonds. The van der Waals surface area contributed by atoms with E-state index in [4.69, 9.17) is 9.47 Å². The Morgan fingerprint density at radius 3 is 2.60 bits per heavy atom. The van der Waals surface area contributed by atoms with Crippen LogP contribution >= 0.6 is 0 Å². The number of hydrogen-bond donors (Lipinski definition) is 2. The highest BCUT2D eigenvalue weighted by Crippen LogP contribution is 2.32. The number of nitrogens with one attached hydrogen (secondary N) is 2. The Morgan fingerprint density at radius 1 is 1.32 bits per heavy atom. The second-order valence-corrected chi connectivity index (χ2v) is 6.81. The van der Waals surface area contributed by atoms with Crippen LogP contribution in [0.3, 0.4) is 0 Å². The van der Waals surface area contributed by atoms with E-state index < -0.39 is 11.9 Å². The molecule has 25 heavy (non-hydrogen) atoms. The third-order valence-corrected chi connectivity index (χ3v) is 4.99. The quantitative estimate of drug-likeness (QED) is 0.792. The molecule has 1 saturated heterocycles. The van der Waals surface area contributed by atoms with Crippen molar-refractivity contribution in [1.29, 1.82) is 0 Å². The first-order chi connectivity index (χ1) is 12.0. The van der Waals surface area contributed by atoms with Crippen molar-refractivity contribution in [3.8, 4) is 11.5 Å². The summed E-state index contributed by atoms with van der Waals surface area (Å²) in [5.74, 6) is 1.12. The molecule has 1 aliphatic heterocycles. The molecule has 1 aromatic carbocycles. The fourth-order valence-electron chi connectivity index (χ4n) is 3.40. The summed E-state index contributed by atoms with van der Waals surface area (Å²) in [5.41, 5.74) is 0.387. The molecule has 0 saturated carbocycles. The molecule has 5 nitrogen and oxygen atoms in total. The van der Waals surface area contributed by atoms with E-state index >= 15 is 0 Å². The molecule has 0 bridgehead atoms. The Morgan fingerprint density at radius 2 is 2.00 bits per heavy atom. The summed E-state index contributed by atoms with van der Waals surface area (Å²) in [5, 5.41) is 6.28. The van der Waals surface area contributed by atoms with Crippen molar-refractivity contribution >= 4 is 5.91 Å². The predicted molar refractivity (Wildman–Crippen MR) is 95.4 cm³/mol. The number of methoxy groups -OCH3 is 2. The topological polar surface area (TPSA) is 59.6 Å². The van der Waals surface area contributed by atoms with Crippen molar-refractivity contribution in [1.82, 2.24) is 10.6 Å².